The Hall–Kier alpha value is -1.22. The van der Waals surface area contributed by atoms with Crippen LogP contribution in [-0.2, 0) is 5.41 Å². The van der Waals surface area contributed by atoms with Crippen LogP contribution in [0.2, 0.25) is 0 Å². The Balaban J connectivity index is 2.47. The molecule has 3 heteroatoms. The molecular weight excluding hydrogens is 180 g/mol. The van der Waals surface area contributed by atoms with E-state index in [1.807, 2.05) is 24.4 Å². The second kappa shape index (κ2) is 2.92. The summed E-state index contributed by atoms with van der Waals surface area (Å²) in [5.74, 6) is 0.901. The molecule has 0 radical (unpaired) electrons. The van der Waals surface area contributed by atoms with Crippen LogP contribution < -0.4 is 0 Å². The molecule has 0 spiro atoms. The molecule has 1 heterocycles. The molecule has 1 aromatic rings. The van der Waals surface area contributed by atoms with Crippen LogP contribution >= 0.6 is 12.2 Å². The van der Waals surface area contributed by atoms with E-state index in [0.29, 0.717) is 0 Å². The number of nitrogens with one attached hydrogen (secondary N) is 1. The number of hydrogen-bond acceptors (Lipinski definition) is 2. The fourth-order valence-electron chi connectivity index (χ4n) is 1.39. The SMILES string of the molecule is CC1(c2ncc[nH]2)C=CC=CC1=S. The average molecular weight is 190 g/mol. The number of hydrogen-bond donors (Lipinski definition) is 1. The molecule has 0 aliphatic heterocycles. The minimum absolute atomic E-state index is 0.242. The van der Waals surface area contributed by atoms with Crippen molar-refractivity contribution in [2.24, 2.45) is 0 Å². The molecule has 13 heavy (non-hydrogen) atoms. The Bertz CT molecular complexity index is 376. The van der Waals surface area contributed by atoms with Crippen molar-refractivity contribution in [1.82, 2.24) is 9.97 Å². The third-order valence-corrected chi connectivity index (χ3v) is 2.85. The topological polar surface area (TPSA) is 28.7 Å². The summed E-state index contributed by atoms with van der Waals surface area (Å²) in [5.41, 5.74) is -0.242. The third kappa shape index (κ3) is 1.25. The van der Waals surface area contributed by atoms with Crippen LogP contribution in [0, 0.1) is 0 Å². The van der Waals surface area contributed by atoms with Gasteiger partial charge in [-0.05, 0) is 13.0 Å². The van der Waals surface area contributed by atoms with E-state index in [1.54, 1.807) is 6.20 Å². The number of allylic oxidation sites excluding steroid dienone is 4. The van der Waals surface area contributed by atoms with Gasteiger partial charge >= 0.3 is 0 Å². The fraction of sp³-hybridized carbons (Fsp3) is 0.200. The Morgan fingerprint density at radius 3 is 2.92 bits per heavy atom. The first-order valence-corrected chi connectivity index (χ1v) is 4.54. The molecule has 0 fully saturated rings. The van der Waals surface area contributed by atoms with E-state index in [9.17, 15) is 0 Å². The van der Waals surface area contributed by atoms with Crippen LogP contribution in [0.25, 0.3) is 0 Å². The third-order valence-electron chi connectivity index (χ3n) is 2.29. The van der Waals surface area contributed by atoms with Gasteiger partial charge in [0.1, 0.15) is 5.82 Å². The first kappa shape index (κ1) is 8.38. The predicted octanol–water partition coefficient (Wildman–Crippen LogP) is 2.16. The standard InChI is InChI=1S/C10H10N2S/c1-10(9-11-6-7-12-9)5-3-2-4-8(10)13/h2-7H,1H3,(H,11,12). The van der Waals surface area contributed by atoms with Gasteiger partial charge in [-0.15, -0.1) is 0 Å². The first-order valence-electron chi connectivity index (χ1n) is 4.14. The van der Waals surface area contributed by atoms with Gasteiger partial charge in [0, 0.05) is 17.3 Å². The molecule has 2 rings (SSSR count). The van der Waals surface area contributed by atoms with Crippen molar-refractivity contribution < 1.29 is 0 Å². The maximum absolute atomic E-state index is 5.29. The lowest BCUT2D eigenvalue weighted by atomic mass is 9.83. The number of rotatable bonds is 1. The van der Waals surface area contributed by atoms with Gasteiger partial charge in [0.05, 0.1) is 5.41 Å². The first-order chi connectivity index (χ1) is 6.23. The van der Waals surface area contributed by atoms with Crippen molar-refractivity contribution in [2.75, 3.05) is 0 Å². The molecular formula is C10H10N2S. The predicted molar refractivity (Wildman–Crippen MR) is 56.8 cm³/mol. The van der Waals surface area contributed by atoms with Gasteiger partial charge in [-0.25, -0.2) is 4.98 Å². The Morgan fingerprint density at radius 1 is 1.46 bits per heavy atom. The molecule has 0 bridgehead atoms. The Kier molecular flexibility index (Phi) is 1.88. The quantitative estimate of drug-likeness (QED) is 0.687. The van der Waals surface area contributed by atoms with Crippen molar-refractivity contribution >= 4 is 17.1 Å². The van der Waals surface area contributed by atoms with Gasteiger partial charge in [-0.2, -0.15) is 0 Å². The van der Waals surface area contributed by atoms with Crippen LogP contribution in [0.4, 0.5) is 0 Å². The summed E-state index contributed by atoms with van der Waals surface area (Å²) in [6.07, 6.45) is 11.5. The molecule has 0 amide bonds. The maximum atomic E-state index is 5.29. The lowest BCUT2D eigenvalue weighted by Gasteiger charge is -2.24. The molecule has 1 atom stereocenters. The summed E-state index contributed by atoms with van der Waals surface area (Å²) in [7, 11) is 0. The van der Waals surface area contributed by atoms with Gasteiger partial charge in [0.15, 0.2) is 0 Å². The molecule has 0 aromatic carbocycles. The second-order valence-corrected chi connectivity index (χ2v) is 3.66. The highest BCUT2D eigenvalue weighted by Crippen LogP contribution is 2.27. The number of aromatic amines is 1. The van der Waals surface area contributed by atoms with Gasteiger partial charge in [-0.1, -0.05) is 30.4 Å². The smallest absolute Gasteiger partial charge is 0.121 e. The van der Waals surface area contributed by atoms with E-state index < -0.39 is 0 Å². The summed E-state index contributed by atoms with van der Waals surface area (Å²) < 4.78 is 0. The number of imidazole rings is 1. The van der Waals surface area contributed by atoms with Crippen molar-refractivity contribution in [3.05, 3.63) is 42.5 Å². The number of aromatic nitrogens is 2. The number of H-pyrrole nitrogens is 1. The number of nitrogens with zero attached hydrogens (tertiary/aromatic N) is 1. The zero-order chi connectivity index (χ0) is 9.31. The molecule has 1 aromatic heterocycles. The molecule has 2 nitrogen and oxygen atoms in total. The molecule has 1 aliphatic rings. The van der Waals surface area contributed by atoms with Crippen LogP contribution in [-0.4, -0.2) is 14.8 Å². The average Bonchev–Trinajstić information content (AvgIpc) is 2.63. The largest absolute Gasteiger partial charge is 0.348 e. The summed E-state index contributed by atoms with van der Waals surface area (Å²) in [4.78, 5) is 8.22. The van der Waals surface area contributed by atoms with Crippen molar-refractivity contribution in [3.8, 4) is 0 Å². The van der Waals surface area contributed by atoms with Crippen molar-refractivity contribution in [3.63, 3.8) is 0 Å². The minimum Gasteiger partial charge on any atom is -0.348 e. The van der Waals surface area contributed by atoms with Gasteiger partial charge in [0.25, 0.3) is 0 Å². The van der Waals surface area contributed by atoms with Crippen LogP contribution in [0.3, 0.4) is 0 Å². The molecule has 1 N–H and O–H groups in total. The molecule has 1 unspecified atom stereocenters. The number of thiocarbonyl (C=S) groups is 1. The van der Waals surface area contributed by atoms with Gasteiger partial charge in [0.2, 0.25) is 0 Å². The monoisotopic (exact) mass is 190 g/mol. The molecule has 1 aliphatic carbocycles. The summed E-state index contributed by atoms with van der Waals surface area (Å²) in [6.45, 7) is 2.06. The summed E-state index contributed by atoms with van der Waals surface area (Å²) >= 11 is 5.29. The second-order valence-electron chi connectivity index (χ2n) is 3.22. The van der Waals surface area contributed by atoms with E-state index in [-0.39, 0.29) is 5.41 Å². The zero-order valence-corrected chi connectivity index (χ0v) is 8.14. The normalized spacial score (nSPS) is 26.7. The van der Waals surface area contributed by atoms with Crippen molar-refractivity contribution in [1.29, 1.82) is 0 Å². The minimum atomic E-state index is -0.242. The molecule has 0 saturated carbocycles. The van der Waals surface area contributed by atoms with E-state index in [4.69, 9.17) is 12.2 Å². The highest BCUT2D eigenvalue weighted by atomic mass is 32.1. The Morgan fingerprint density at radius 2 is 2.31 bits per heavy atom. The molecule has 66 valence electrons. The lowest BCUT2D eigenvalue weighted by Crippen LogP contribution is -2.30. The summed E-state index contributed by atoms with van der Waals surface area (Å²) in [5, 5.41) is 0. The fourth-order valence-corrected chi connectivity index (χ4v) is 1.63. The Labute approximate surface area is 82.4 Å². The van der Waals surface area contributed by atoms with Crippen LogP contribution in [0.15, 0.2) is 36.7 Å². The van der Waals surface area contributed by atoms with E-state index in [2.05, 4.69) is 23.0 Å². The highest BCUT2D eigenvalue weighted by Gasteiger charge is 2.30. The van der Waals surface area contributed by atoms with Gasteiger partial charge in [-0.3, -0.25) is 0 Å². The zero-order valence-electron chi connectivity index (χ0n) is 7.32. The van der Waals surface area contributed by atoms with E-state index in [0.717, 1.165) is 10.7 Å². The summed E-state index contributed by atoms with van der Waals surface area (Å²) in [6, 6.07) is 0. The van der Waals surface area contributed by atoms with E-state index in [1.165, 1.54) is 0 Å². The molecule has 0 saturated heterocycles. The highest BCUT2D eigenvalue weighted by molar-refractivity contribution is 7.81. The van der Waals surface area contributed by atoms with E-state index >= 15 is 0 Å². The van der Waals surface area contributed by atoms with Gasteiger partial charge < -0.3 is 4.98 Å². The van der Waals surface area contributed by atoms with Crippen molar-refractivity contribution in [2.45, 2.75) is 12.3 Å². The maximum Gasteiger partial charge on any atom is 0.121 e. The van der Waals surface area contributed by atoms with Crippen LogP contribution in [0.5, 0.6) is 0 Å². The van der Waals surface area contributed by atoms with Crippen LogP contribution in [0.1, 0.15) is 12.7 Å². The lowest BCUT2D eigenvalue weighted by molar-refractivity contribution is 0.753.